The first-order chi connectivity index (χ1) is 28.3. The monoisotopic (exact) mass is 725 g/mol. The molecule has 12 aromatic rings. The maximum Gasteiger partial charge on any atom is 0.0641 e. The van der Waals surface area contributed by atoms with Crippen molar-refractivity contribution in [2.24, 2.45) is 0 Å². The van der Waals surface area contributed by atoms with Crippen molar-refractivity contribution in [2.45, 2.75) is 0 Å². The van der Waals surface area contributed by atoms with Crippen LogP contribution in [-0.4, -0.2) is 13.7 Å². The Balaban J connectivity index is 1.11. The summed E-state index contributed by atoms with van der Waals surface area (Å²) in [6, 6.07) is 77.3. The lowest BCUT2D eigenvalue weighted by molar-refractivity contribution is 1.17. The number of hydrogen-bond donors (Lipinski definition) is 0. The summed E-state index contributed by atoms with van der Waals surface area (Å²) in [5.74, 6) is 0. The first-order valence-corrected chi connectivity index (χ1v) is 19.6. The predicted octanol–water partition coefficient (Wildman–Crippen LogP) is 14.3. The first-order valence-electron chi connectivity index (χ1n) is 19.6. The van der Waals surface area contributed by atoms with Crippen molar-refractivity contribution in [1.29, 1.82) is 0 Å². The van der Waals surface area contributed by atoms with Crippen LogP contribution in [0.4, 0.5) is 0 Å². The standard InChI is InChI=1S/C54H35N3/c1-4-16-39(17-5-1)55-48-25-13-10-22-42(48)46-34-38(32-33-51(46)55)36-28-30-37(31-29-36)45-35-47-43-23-11-14-26-49(43)56(40-18-6-2-7-19-40)54(47)52-44-24-12-15-27-50(44)57(53(45)52)41-20-8-3-9-21-41/h1-35H. The number of aromatic nitrogens is 3. The zero-order valence-electron chi connectivity index (χ0n) is 31.0. The Bertz CT molecular complexity index is 3480. The number of nitrogens with zero attached hydrogens (tertiary/aromatic N) is 3. The van der Waals surface area contributed by atoms with Crippen LogP contribution in [0, 0.1) is 0 Å². The maximum atomic E-state index is 2.47. The van der Waals surface area contributed by atoms with Crippen molar-refractivity contribution in [1.82, 2.24) is 13.7 Å². The molecule has 0 N–H and O–H groups in total. The molecular formula is C54H35N3. The topological polar surface area (TPSA) is 14.8 Å². The van der Waals surface area contributed by atoms with Gasteiger partial charge in [0, 0.05) is 54.9 Å². The summed E-state index contributed by atoms with van der Waals surface area (Å²) >= 11 is 0. The van der Waals surface area contributed by atoms with Gasteiger partial charge in [-0.1, -0.05) is 140 Å². The highest BCUT2D eigenvalue weighted by Gasteiger charge is 2.24. The van der Waals surface area contributed by atoms with E-state index in [0.29, 0.717) is 0 Å². The predicted molar refractivity (Wildman–Crippen MR) is 240 cm³/mol. The highest BCUT2D eigenvalue weighted by Crippen LogP contribution is 2.46. The van der Waals surface area contributed by atoms with Gasteiger partial charge in [-0.2, -0.15) is 0 Å². The number of benzene rings is 9. The molecule has 3 heterocycles. The zero-order chi connectivity index (χ0) is 37.5. The van der Waals surface area contributed by atoms with E-state index >= 15 is 0 Å². The molecule has 0 bridgehead atoms. The summed E-state index contributed by atoms with van der Waals surface area (Å²) in [6.07, 6.45) is 0. The molecule has 0 aliphatic carbocycles. The van der Waals surface area contributed by atoms with Gasteiger partial charge in [0.1, 0.15) is 0 Å². The fourth-order valence-corrected chi connectivity index (χ4v) is 9.37. The Hall–Kier alpha value is -7.62. The number of para-hydroxylation sites is 6. The third kappa shape index (κ3) is 4.73. The number of hydrogen-bond acceptors (Lipinski definition) is 0. The minimum Gasteiger partial charge on any atom is -0.309 e. The van der Waals surface area contributed by atoms with Gasteiger partial charge in [0.25, 0.3) is 0 Å². The molecule has 0 saturated carbocycles. The normalized spacial score (nSPS) is 11.9. The van der Waals surface area contributed by atoms with Gasteiger partial charge >= 0.3 is 0 Å². The molecule has 0 aliphatic rings. The smallest absolute Gasteiger partial charge is 0.0641 e. The lowest BCUT2D eigenvalue weighted by atomic mass is 9.95. The second-order valence-electron chi connectivity index (χ2n) is 14.9. The summed E-state index contributed by atoms with van der Waals surface area (Å²) in [6.45, 7) is 0. The van der Waals surface area contributed by atoms with Crippen LogP contribution >= 0.6 is 0 Å². The van der Waals surface area contributed by atoms with E-state index in [1.54, 1.807) is 0 Å². The van der Waals surface area contributed by atoms with Crippen LogP contribution in [0.25, 0.3) is 105 Å². The molecule has 0 fully saturated rings. The largest absolute Gasteiger partial charge is 0.309 e. The van der Waals surface area contributed by atoms with Gasteiger partial charge in [0.15, 0.2) is 0 Å². The Morgan fingerprint density at radius 2 is 0.667 bits per heavy atom. The van der Waals surface area contributed by atoms with Gasteiger partial charge in [0.05, 0.1) is 33.1 Å². The molecule has 0 radical (unpaired) electrons. The van der Waals surface area contributed by atoms with E-state index in [1.165, 1.54) is 93.4 Å². The molecule has 0 aliphatic heterocycles. The van der Waals surface area contributed by atoms with Crippen molar-refractivity contribution in [3.8, 4) is 39.3 Å². The lowest BCUT2D eigenvalue weighted by Gasteiger charge is -2.14. The first kappa shape index (κ1) is 31.7. The SMILES string of the molecule is c1ccc(-n2c3ccccc3c3cc(-c4ccc(-c5cc6c7ccccc7n(-c7ccccc7)c6c6c7ccccc7n(-c7ccccc7)c56)cc4)ccc32)cc1. The molecule has 0 saturated heterocycles. The molecule has 0 atom stereocenters. The highest BCUT2D eigenvalue weighted by atomic mass is 15.0. The van der Waals surface area contributed by atoms with E-state index < -0.39 is 0 Å². The fraction of sp³-hybridized carbons (Fsp3) is 0. The van der Waals surface area contributed by atoms with E-state index in [0.717, 1.165) is 11.4 Å². The van der Waals surface area contributed by atoms with E-state index in [9.17, 15) is 0 Å². The van der Waals surface area contributed by atoms with Crippen molar-refractivity contribution < 1.29 is 0 Å². The van der Waals surface area contributed by atoms with Gasteiger partial charge in [-0.3, -0.25) is 0 Å². The van der Waals surface area contributed by atoms with Crippen molar-refractivity contribution in [3.05, 3.63) is 212 Å². The Kier molecular flexibility index (Phi) is 6.93. The summed E-state index contributed by atoms with van der Waals surface area (Å²) < 4.78 is 7.31. The minimum absolute atomic E-state index is 1.14. The van der Waals surface area contributed by atoms with Crippen molar-refractivity contribution >= 4 is 65.4 Å². The molecule has 0 spiro atoms. The van der Waals surface area contributed by atoms with Crippen LogP contribution in [0.1, 0.15) is 0 Å². The summed E-state index contributed by atoms with van der Waals surface area (Å²) in [5, 5.41) is 7.50. The van der Waals surface area contributed by atoms with E-state index in [1.807, 2.05) is 0 Å². The van der Waals surface area contributed by atoms with E-state index in [-0.39, 0.29) is 0 Å². The van der Waals surface area contributed by atoms with E-state index in [4.69, 9.17) is 0 Å². The molecule has 3 aromatic heterocycles. The average molecular weight is 726 g/mol. The second kappa shape index (κ2) is 12.5. The highest BCUT2D eigenvalue weighted by molar-refractivity contribution is 6.29. The molecule has 9 aromatic carbocycles. The van der Waals surface area contributed by atoms with Gasteiger partial charge in [-0.05, 0) is 89.5 Å². The number of fused-ring (bicyclic) bond motifs is 10. The summed E-state index contributed by atoms with van der Waals surface area (Å²) in [7, 11) is 0. The van der Waals surface area contributed by atoms with Crippen molar-refractivity contribution in [2.75, 3.05) is 0 Å². The maximum absolute atomic E-state index is 2.47. The van der Waals surface area contributed by atoms with Gasteiger partial charge < -0.3 is 13.7 Å². The van der Waals surface area contributed by atoms with Gasteiger partial charge in [-0.15, -0.1) is 0 Å². The summed E-state index contributed by atoms with van der Waals surface area (Å²) in [4.78, 5) is 0. The molecular weight excluding hydrogens is 691 g/mol. The van der Waals surface area contributed by atoms with Crippen LogP contribution in [0.5, 0.6) is 0 Å². The molecule has 3 heteroatoms. The van der Waals surface area contributed by atoms with Crippen LogP contribution in [0.2, 0.25) is 0 Å². The molecule has 0 amide bonds. The summed E-state index contributed by atoms with van der Waals surface area (Å²) in [5.41, 5.74) is 15.5. The van der Waals surface area contributed by atoms with Crippen molar-refractivity contribution in [3.63, 3.8) is 0 Å². The number of rotatable bonds is 5. The van der Waals surface area contributed by atoms with Gasteiger partial charge in [-0.25, -0.2) is 0 Å². The fourth-order valence-electron chi connectivity index (χ4n) is 9.37. The molecule has 12 rings (SSSR count). The Morgan fingerprint density at radius 1 is 0.246 bits per heavy atom. The third-order valence-corrected chi connectivity index (χ3v) is 11.8. The Labute approximate surface area is 329 Å². The molecule has 3 nitrogen and oxygen atoms in total. The Morgan fingerprint density at radius 3 is 1.28 bits per heavy atom. The van der Waals surface area contributed by atoms with Crippen LogP contribution in [0.3, 0.4) is 0 Å². The van der Waals surface area contributed by atoms with Crippen LogP contribution < -0.4 is 0 Å². The molecule has 57 heavy (non-hydrogen) atoms. The lowest BCUT2D eigenvalue weighted by Crippen LogP contribution is -1.97. The van der Waals surface area contributed by atoms with Crippen LogP contribution in [0.15, 0.2) is 212 Å². The second-order valence-corrected chi connectivity index (χ2v) is 14.9. The van der Waals surface area contributed by atoms with Crippen LogP contribution in [-0.2, 0) is 0 Å². The minimum atomic E-state index is 1.14. The van der Waals surface area contributed by atoms with Gasteiger partial charge in [0.2, 0.25) is 0 Å². The third-order valence-electron chi connectivity index (χ3n) is 11.8. The zero-order valence-corrected chi connectivity index (χ0v) is 31.0. The quantitative estimate of drug-likeness (QED) is 0.168. The molecule has 266 valence electrons. The average Bonchev–Trinajstić information content (AvgIpc) is 3.93. The molecule has 0 unspecified atom stereocenters. The van der Waals surface area contributed by atoms with E-state index in [2.05, 4.69) is 226 Å².